The first kappa shape index (κ1) is 40.0. The fourth-order valence-corrected chi connectivity index (χ4v) is 8.87. The molecule has 4 heterocycles. The van der Waals surface area contributed by atoms with Crippen LogP contribution in [0.25, 0.3) is 22.3 Å². The highest BCUT2D eigenvalue weighted by Crippen LogP contribution is 2.46. The van der Waals surface area contributed by atoms with Crippen LogP contribution in [0.1, 0.15) is 89.5 Å². The Kier molecular flexibility index (Phi) is 12.0. The molecule has 3 aromatic rings. The molecule has 2 aromatic heterocycles. The number of rotatable bonds is 9. The second-order valence-electron chi connectivity index (χ2n) is 15.4. The van der Waals surface area contributed by atoms with E-state index in [0.29, 0.717) is 58.2 Å². The van der Waals surface area contributed by atoms with Crippen molar-refractivity contribution in [3.05, 3.63) is 41.3 Å². The number of amides is 4. The highest BCUT2D eigenvalue weighted by molar-refractivity contribution is 7.14. The Balaban J connectivity index is 1.22. The Bertz CT molecular complexity index is 2060. The maximum atomic E-state index is 14.6. The number of carboxylic acid groups (broad SMARTS) is 1. The number of carbonyl (C=O) groups is 5. The van der Waals surface area contributed by atoms with E-state index in [1.807, 2.05) is 31.2 Å². The lowest BCUT2D eigenvalue weighted by Crippen LogP contribution is -2.56. The number of carbonyl (C=O) groups excluding carboxylic acids is 4. The van der Waals surface area contributed by atoms with E-state index in [1.165, 1.54) is 16.2 Å². The van der Waals surface area contributed by atoms with Gasteiger partial charge in [-0.15, -0.1) is 11.3 Å². The number of benzene rings is 1. The minimum absolute atomic E-state index is 0.00559. The third kappa shape index (κ3) is 8.70. The van der Waals surface area contributed by atoms with Gasteiger partial charge in [-0.25, -0.2) is 19.6 Å². The molecule has 0 unspecified atom stereocenters. The number of fused-ring (bicyclic) bond motifs is 3. The van der Waals surface area contributed by atoms with Crippen LogP contribution < -0.4 is 25.4 Å². The maximum absolute atomic E-state index is 14.6. The number of methoxy groups -OCH3 is 1. The summed E-state index contributed by atoms with van der Waals surface area (Å²) in [5.41, 5.74) is 0.872. The molecule has 7 rings (SSSR count). The highest BCUT2D eigenvalue weighted by atomic mass is 32.1. The van der Waals surface area contributed by atoms with Crippen molar-refractivity contribution in [3.63, 3.8) is 0 Å². The van der Waals surface area contributed by atoms with Crippen molar-refractivity contribution >= 4 is 57.2 Å². The first-order valence-electron chi connectivity index (χ1n) is 19.9. The molecule has 4 N–H and O–H groups in total. The summed E-state index contributed by atoms with van der Waals surface area (Å²) in [6, 6.07) is 3.35. The van der Waals surface area contributed by atoms with Crippen LogP contribution in [-0.2, 0) is 23.9 Å². The van der Waals surface area contributed by atoms with Gasteiger partial charge in [0.1, 0.15) is 47.0 Å². The zero-order valence-corrected chi connectivity index (χ0v) is 33.3. The fraction of sp³-hybridized carbons (Fsp3) is 0.537. The third-order valence-electron chi connectivity index (χ3n) is 11.5. The molecule has 2 aliphatic carbocycles. The summed E-state index contributed by atoms with van der Waals surface area (Å²) in [5.74, 6) is -1.68. The van der Waals surface area contributed by atoms with E-state index < -0.39 is 47.6 Å². The molecule has 1 aromatic carbocycles. The normalized spacial score (nSPS) is 26.0. The van der Waals surface area contributed by atoms with Crippen LogP contribution in [0.15, 0.2) is 35.7 Å². The van der Waals surface area contributed by atoms with Crippen molar-refractivity contribution in [1.82, 2.24) is 25.5 Å². The SMILES string of the molecule is CCC(=O)Nc1nc(-c2cc(O[C@@H]3C[C@H]4C(=O)N[C@]5(C(=O)O)C[C@@H]5/C=C\CCCCC[C@H](NC(=O)OC5CCCC5)C(=O)N4C3)c3ccc(OC)c(C)c3n2)cs1. The van der Waals surface area contributed by atoms with E-state index in [2.05, 4.69) is 20.9 Å². The molecule has 2 saturated carbocycles. The third-order valence-corrected chi connectivity index (χ3v) is 12.2. The molecular formula is C41H50N6O9S. The van der Waals surface area contributed by atoms with Crippen LogP contribution in [0, 0.1) is 12.8 Å². The van der Waals surface area contributed by atoms with E-state index >= 15 is 0 Å². The molecule has 0 radical (unpaired) electrons. The molecule has 2 aliphatic heterocycles. The lowest BCUT2D eigenvalue weighted by molar-refractivity contribution is -0.145. The topological polar surface area (TPSA) is 198 Å². The van der Waals surface area contributed by atoms with Gasteiger partial charge in [-0.05, 0) is 70.4 Å². The molecule has 5 atom stereocenters. The second kappa shape index (κ2) is 17.1. The molecule has 304 valence electrons. The summed E-state index contributed by atoms with van der Waals surface area (Å²) < 4.78 is 18.0. The van der Waals surface area contributed by atoms with Crippen LogP contribution in [0.4, 0.5) is 9.93 Å². The molecule has 3 fully saturated rings. The lowest BCUT2D eigenvalue weighted by Gasteiger charge is -2.29. The minimum atomic E-state index is -1.47. The number of ether oxygens (including phenoxy) is 3. The monoisotopic (exact) mass is 802 g/mol. The van der Waals surface area contributed by atoms with Crippen molar-refractivity contribution in [3.8, 4) is 22.9 Å². The number of nitrogens with one attached hydrogen (secondary N) is 3. The highest BCUT2D eigenvalue weighted by Gasteiger charge is 2.61. The summed E-state index contributed by atoms with van der Waals surface area (Å²) in [6.07, 6.45) is 9.71. The number of allylic oxidation sites excluding steroid dienone is 1. The number of hydrogen-bond acceptors (Lipinski definition) is 11. The summed E-state index contributed by atoms with van der Waals surface area (Å²) in [4.78, 5) is 77.6. The van der Waals surface area contributed by atoms with E-state index in [9.17, 15) is 29.1 Å². The number of hydrogen-bond donors (Lipinski definition) is 4. The number of alkyl carbamates (subject to hydrolysis) is 1. The number of pyridine rings is 1. The summed E-state index contributed by atoms with van der Waals surface area (Å²) in [7, 11) is 1.57. The van der Waals surface area contributed by atoms with Crippen molar-refractivity contribution in [2.45, 2.75) is 121 Å². The maximum Gasteiger partial charge on any atom is 0.408 e. The lowest BCUT2D eigenvalue weighted by atomic mass is 10.0. The van der Waals surface area contributed by atoms with Gasteiger partial charge in [-0.1, -0.05) is 31.9 Å². The van der Waals surface area contributed by atoms with Gasteiger partial charge in [0.15, 0.2) is 5.13 Å². The zero-order chi connectivity index (χ0) is 40.3. The molecule has 4 aliphatic rings. The molecule has 15 nitrogen and oxygen atoms in total. The molecule has 1 saturated heterocycles. The molecule has 16 heteroatoms. The number of aryl methyl sites for hydroxylation is 1. The minimum Gasteiger partial charge on any atom is -0.496 e. The van der Waals surface area contributed by atoms with Crippen LogP contribution >= 0.6 is 11.3 Å². The summed E-state index contributed by atoms with van der Waals surface area (Å²) in [6.45, 7) is 3.63. The van der Waals surface area contributed by atoms with Gasteiger partial charge in [-0.3, -0.25) is 14.4 Å². The van der Waals surface area contributed by atoms with E-state index in [0.717, 1.165) is 50.5 Å². The second-order valence-corrected chi connectivity index (χ2v) is 16.2. The molecule has 0 bridgehead atoms. The van der Waals surface area contributed by atoms with Gasteiger partial charge >= 0.3 is 12.1 Å². The van der Waals surface area contributed by atoms with Crippen molar-refractivity contribution in [1.29, 1.82) is 0 Å². The van der Waals surface area contributed by atoms with Gasteiger partial charge in [0.2, 0.25) is 17.7 Å². The predicted octanol–water partition coefficient (Wildman–Crippen LogP) is 5.89. The number of aromatic nitrogens is 2. The van der Waals surface area contributed by atoms with E-state index in [4.69, 9.17) is 19.2 Å². The average molecular weight is 803 g/mol. The predicted molar refractivity (Wildman–Crippen MR) is 212 cm³/mol. The Morgan fingerprint density at radius 2 is 1.82 bits per heavy atom. The van der Waals surface area contributed by atoms with Crippen LogP contribution in [-0.4, -0.2) is 93.2 Å². The Morgan fingerprint density at radius 1 is 1.04 bits per heavy atom. The van der Waals surface area contributed by atoms with Crippen LogP contribution in [0.2, 0.25) is 0 Å². The van der Waals surface area contributed by atoms with Gasteiger partial charge in [0.05, 0.1) is 24.9 Å². The van der Waals surface area contributed by atoms with Gasteiger partial charge < -0.3 is 40.2 Å². The van der Waals surface area contributed by atoms with Crippen molar-refractivity contribution in [2.24, 2.45) is 5.92 Å². The quantitative estimate of drug-likeness (QED) is 0.188. The first-order chi connectivity index (χ1) is 27.5. The largest absolute Gasteiger partial charge is 0.496 e. The van der Waals surface area contributed by atoms with Crippen molar-refractivity contribution in [2.75, 3.05) is 19.0 Å². The van der Waals surface area contributed by atoms with E-state index in [1.54, 1.807) is 25.5 Å². The van der Waals surface area contributed by atoms with E-state index in [-0.39, 0.29) is 37.3 Å². The smallest absolute Gasteiger partial charge is 0.408 e. The number of anilines is 1. The van der Waals surface area contributed by atoms with Gasteiger partial charge in [-0.2, -0.15) is 0 Å². The van der Waals surface area contributed by atoms with Gasteiger partial charge in [0.25, 0.3) is 0 Å². The van der Waals surface area contributed by atoms with Crippen LogP contribution in [0.5, 0.6) is 11.5 Å². The number of thiazole rings is 1. The van der Waals surface area contributed by atoms with Gasteiger partial charge in [0, 0.05) is 41.2 Å². The Labute approximate surface area is 334 Å². The number of aliphatic carboxylic acids is 1. The summed E-state index contributed by atoms with van der Waals surface area (Å²) in [5, 5.41) is 21.6. The Hall–Kier alpha value is -5.25. The van der Waals surface area contributed by atoms with Crippen molar-refractivity contribution < 1.29 is 43.3 Å². The summed E-state index contributed by atoms with van der Waals surface area (Å²) >= 11 is 1.27. The zero-order valence-electron chi connectivity index (χ0n) is 32.5. The first-order valence-corrected chi connectivity index (χ1v) is 20.8. The molecule has 4 amide bonds. The average Bonchev–Trinajstić information content (AvgIpc) is 3.62. The number of nitrogens with zero attached hydrogens (tertiary/aromatic N) is 3. The molecule has 57 heavy (non-hydrogen) atoms. The number of carboxylic acids is 1. The standard InChI is InChI=1S/C41H50N6O9S/c1-4-34(48)45-39-43-30(22-57-39)29-19-33(27-16-17-32(54-3)23(2)35(27)42-29)55-26-18-31-36(49)46-41(38(51)52)20-24(41)12-8-6-5-7-9-15-28(37(50)47(31)21-26)44-40(53)56-25-13-10-11-14-25/h8,12,16-17,19,22,24-26,28,31H,4-7,9-11,13-15,18,20-21H2,1-3H3,(H,44,53)(H,46,49)(H,51,52)(H,43,45,48)/b12-8-/t24-,26+,28-,31-,41+/m0/s1. The Morgan fingerprint density at radius 3 is 2.58 bits per heavy atom. The molecule has 0 spiro atoms. The molecular weight excluding hydrogens is 753 g/mol. The van der Waals surface area contributed by atoms with Crippen LogP contribution in [0.3, 0.4) is 0 Å². The fourth-order valence-electron chi connectivity index (χ4n) is 8.15.